The van der Waals surface area contributed by atoms with Crippen LogP contribution in [-0.2, 0) is 20.8 Å². The van der Waals surface area contributed by atoms with Gasteiger partial charge in [-0.1, -0.05) is 44.2 Å². The van der Waals surface area contributed by atoms with E-state index in [4.69, 9.17) is 0 Å². The molecule has 1 aromatic heterocycles. The van der Waals surface area contributed by atoms with Crippen molar-refractivity contribution >= 4 is 23.5 Å². The van der Waals surface area contributed by atoms with E-state index >= 15 is 0 Å². The number of amides is 3. The van der Waals surface area contributed by atoms with Crippen LogP contribution in [0.25, 0.3) is 0 Å². The van der Waals surface area contributed by atoms with E-state index in [1.54, 1.807) is 13.8 Å². The Labute approximate surface area is 221 Å². The first-order chi connectivity index (χ1) is 18.2. The van der Waals surface area contributed by atoms with Gasteiger partial charge in [0.2, 0.25) is 11.8 Å². The Bertz CT molecular complexity index is 1180. The molecule has 4 rings (SSSR count). The quantitative estimate of drug-likeness (QED) is 0.394. The van der Waals surface area contributed by atoms with Gasteiger partial charge in [-0.25, -0.2) is 4.98 Å². The molecule has 2 fully saturated rings. The van der Waals surface area contributed by atoms with E-state index in [2.05, 4.69) is 20.9 Å². The molecule has 3 amide bonds. The van der Waals surface area contributed by atoms with Gasteiger partial charge in [-0.05, 0) is 48.8 Å². The molecule has 10 heteroatoms. The van der Waals surface area contributed by atoms with Gasteiger partial charge in [-0.15, -0.1) is 0 Å². The van der Waals surface area contributed by atoms with Crippen LogP contribution in [0, 0.1) is 17.8 Å². The normalized spacial score (nSPS) is 28.9. The molecule has 1 saturated heterocycles. The average molecular weight is 523 g/mol. The fourth-order valence-electron chi connectivity index (χ4n) is 4.89. The van der Waals surface area contributed by atoms with Gasteiger partial charge in [0.15, 0.2) is 11.5 Å². The number of nitrogens with one attached hydrogen (secondary N) is 3. The van der Waals surface area contributed by atoms with Crippen LogP contribution in [0.3, 0.4) is 0 Å². The lowest BCUT2D eigenvalue weighted by atomic mass is 9.87. The number of hydrogen-bond acceptors (Lipinski definition) is 7. The molecular formula is C28H34N4O6. The van der Waals surface area contributed by atoms with Gasteiger partial charge in [0.05, 0.1) is 24.1 Å². The first-order valence-electron chi connectivity index (χ1n) is 13.0. The minimum absolute atomic E-state index is 0.0124. The summed E-state index contributed by atoms with van der Waals surface area (Å²) in [6.45, 7) is 3.24. The number of hydrogen-bond donors (Lipinski definition) is 5. The number of aliphatic hydroxyl groups excluding tert-OH is 1. The zero-order valence-electron chi connectivity index (χ0n) is 21.5. The van der Waals surface area contributed by atoms with Crippen LogP contribution in [0.4, 0.5) is 0 Å². The Balaban J connectivity index is 1.66. The Morgan fingerprint density at radius 1 is 1.03 bits per heavy atom. The van der Waals surface area contributed by atoms with Crippen molar-refractivity contribution in [3.05, 3.63) is 59.9 Å². The van der Waals surface area contributed by atoms with Gasteiger partial charge in [0.25, 0.3) is 5.91 Å². The number of aromatic nitrogens is 1. The number of Topliss-reactive ketones (excluding diaryl/α,β-unsaturated/α-hetero) is 1. The van der Waals surface area contributed by atoms with Gasteiger partial charge in [-0.2, -0.15) is 0 Å². The van der Waals surface area contributed by atoms with Crippen LogP contribution >= 0.6 is 0 Å². The van der Waals surface area contributed by atoms with Crippen LogP contribution in [0.1, 0.15) is 49.2 Å². The van der Waals surface area contributed by atoms with Crippen LogP contribution < -0.4 is 16.0 Å². The number of pyridine rings is 1. The highest BCUT2D eigenvalue weighted by Crippen LogP contribution is 2.34. The molecule has 1 unspecified atom stereocenters. The molecule has 2 heterocycles. The highest BCUT2D eigenvalue weighted by Gasteiger charge is 2.42. The second kappa shape index (κ2) is 11.7. The molecule has 1 saturated carbocycles. The first-order valence-corrected chi connectivity index (χ1v) is 13.0. The highest BCUT2D eigenvalue weighted by molar-refractivity contribution is 5.98. The summed E-state index contributed by atoms with van der Waals surface area (Å²) in [6.07, 6.45) is 1.87. The van der Waals surface area contributed by atoms with E-state index in [0.29, 0.717) is 0 Å². The largest absolute Gasteiger partial charge is 0.505 e. The predicted molar refractivity (Wildman–Crippen MR) is 138 cm³/mol. The molecule has 2 aromatic rings. The first kappa shape index (κ1) is 27.3. The molecule has 202 valence electrons. The molecule has 2 aliphatic rings. The fourth-order valence-corrected chi connectivity index (χ4v) is 4.89. The van der Waals surface area contributed by atoms with Crippen molar-refractivity contribution in [3.8, 4) is 5.75 Å². The van der Waals surface area contributed by atoms with Gasteiger partial charge in [0, 0.05) is 12.6 Å². The van der Waals surface area contributed by atoms with Crippen LogP contribution in [0.15, 0.2) is 48.7 Å². The van der Waals surface area contributed by atoms with Crippen molar-refractivity contribution in [3.63, 3.8) is 0 Å². The summed E-state index contributed by atoms with van der Waals surface area (Å²) in [4.78, 5) is 56.8. The molecule has 1 aromatic carbocycles. The van der Waals surface area contributed by atoms with Gasteiger partial charge < -0.3 is 26.2 Å². The summed E-state index contributed by atoms with van der Waals surface area (Å²) in [7, 11) is 0. The summed E-state index contributed by atoms with van der Waals surface area (Å²) in [6, 6.07) is 9.29. The lowest BCUT2D eigenvalue weighted by Gasteiger charge is -2.33. The minimum Gasteiger partial charge on any atom is -0.505 e. The third kappa shape index (κ3) is 6.36. The van der Waals surface area contributed by atoms with Gasteiger partial charge in [0.1, 0.15) is 11.8 Å². The maximum Gasteiger partial charge on any atom is 0.274 e. The number of nitrogens with zero attached hydrogens (tertiary/aromatic N) is 1. The fraction of sp³-hybridized carbons (Fsp3) is 0.464. The maximum absolute atomic E-state index is 13.6. The Morgan fingerprint density at radius 2 is 1.74 bits per heavy atom. The summed E-state index contributed by atoms with van der Waals surface area (Å²) < 4.78 is 0. The topological polar surface area (TPSA) is 158 Å². The maximum atomic E-state index is 13.6. The van der Waals surface area contributed by atoms with Crippen molar-refractivity contribution in [1.29, 1.82) is 0 Å². The molecule has 0 radical (unpaired) electrons. The van der Waals surface area contributed by atoms with Crippen molar-refractivity contribution in [2.75, 3.05) is 0 Å². The molecule has 6 atom stereocenters. The van der Waals surface area contributed by atoms with E-state index in [1.165, 1.54) is 18.3 Å². The van der Waals surface area contributed by atoms with Crippen LogP contribution in [-0.4, -0.2) is 62.9 Å². The number of aromatic hydroxyl groups is 1. The number of rotatable bonds is 5. The number of aliphatic hydroxyl groups is 1. The molecule has 1 aliphatic carbocycles. The number of ketones is 1. The second-order valence-corrected chi connectivity index (χ2v) is 10.4. The summed E-state index contributed by atoms with van der Waals surface area (Å²) >= 11 is 0. The highest BCUT2D eigenvalue weighted by atomic mass is 16.3. The van der Waals surface area contributed by atoms with E-state index < -0.39 is 53.8 Å². The Hall–Kier alpha value is -3.79. The number of benzene rings is 1. The molecule has 0 bridgehead atoms. The van der Waals surface area contributed by atoms with E-state index in [0.717, 1.165) is 18.4 Å². The average Bonchev–Trinajstić information content (AvgIpc) is 3.74. The van der Waals surface area contributed by atoms with Crippen molar-refractivity contribution in [2.24, 2.45) is 17.8 Å². The van der Waals surface area contributed by atoms with E-state index in [1.807, 2.05) is 30.3 Å². The zero-order chi connectivity index (χ0) is 27.4. The van der Waals surface area contributed by atoms with Crippen LogP contribution in [0.5, 0.6) is 5.75 Å². The molecular weight excluding hydrogens is 488 g/mol. The third-order valence-corrected chi connectivity index (χ3v) is 7.36. The lowest BCUT2D eigenvalue weighted by molar-refractivity contribution is -0.136. The Kier molecular flexibility index (Phi) is 8.41. The lowest BCUT2D eigenvalue weighted by Crippen LogP contribution is -2.59. The molecule has 0 spiro atoms. The second-order valence-electron chi connectivity index (χ2n) is 10.4. The zero-order valence-corrected chi connectivity index (χ0v) is 21.5. The van der Waals surface area contributed by atoms with Crippen LogP contribution in [0.2, 0.25) is 0 Å². The van der Waals surface area contributed by atoms with E-state index in [-0.39, 0.29) is 36.0 Å². The number of carbonyl (C=O) groups is 4. The minimum atomic E-state index is -1.26. The van der Waals surface area contributed by atoms with Gasteiger partial charge in [-0.3, -0.25) is 19.2 Å². The smallest absolute Gasteiger partial charge is 0.274 e. The molecule has 1 aliphatic heterocycles. The Morgan fingerprint density at radius 3 is 2.39 bits per heavy atom. The molecule has 10 nitrogen and oxygen atoms in total. The predicted octanol–water partition coefficient (Wildman–Crippen LogP) is 1.11. The van der Waals surface area contributed by atoms with Crippen molar-refractivity contribution in [2.45, 2.75) is 63.8 Å². The monoisotopic (exact) mass is 522 g/mol. The standard InChI is InChI=1S/C28H34N4O6/c1-15-13-21(34)23(18-10-11-18)32-26(36)16(2)25(35)19(14-17-7-4-3-5-8-17)30-27(37)22(15)31-28(38)24-20(33)9-6-12-29-24/h3-9,12,15-16,18-19,22-23,25,33,35H,10-11,13-14H2,1-2H3,(H,30,37)(H,31,38)(H,32,36)/t15-,16+,19-,22-,23?,25-/m0/s1. The summed E-state index contributed by atoms with van der Waals surface area (Å²) in [5.74, 6) is -3.94. The molecule has 38 heavy (non-hydrogen) atoms. The van der Waals surface area contributed by atoms with Gasteiger partial charge >= 0.3 is 0 Å². The van der Waals surface area contributed by atoms with Crippen molar-refractivity contribution in [1.82, 2.24) is 20.9 Å². The van der Waals surface area contributed by atoms with Crippen molar-refractivity contribution < 1.29 is 29.4 Å². The summed E-state index contributed by atoms with van der Waals surface area (Å²) in [5, 5.41) is 29.6. The number of carbonyl (C=O) groups excluding carboxylic acids is 4. The summed E-state index contributed by atoms with van der Waals surface area (Å²) in [5.41, 5.74) is 0.595. The molecule has 5 N–H and O–H groups in total. The van der Waals surface area contributed by atoms with E-state index in [9.17, 15) is 29.4 Å². The SMILES string of the molecule is C[C@H]1CC(=O)C(C2CC2)NC(=O)[C@H](C)[C@H](O)[C@H](Cc2ccccc2)NC(=O)[C@H]1NC(=O)c1ncccc1O. The third-order valence-electron chi connectivity index (χ3n) is 7.36.